The standard InChI is InChI=1S/C19H19N/c1-2-3-4-9-14-20-19-17-12-7-5-10-15(17)16-11-6-8-13-18(16)19/h1,5-8,10-13,19-20H,3-4,9,14H2. The van der Waals surface area contributed by atoms with Crippen molar-refractivity contribution in [1.29, 1.82) is 0 Å². The molecule has 0 saturated carbocycles. The fraction of sp³-hybridized carbons (Fsp3) is 0.263. The first-order chi connectivity index (χ1) is 9.92. The summed E-state index contributed by atoms with van der Waals surface area (Å²) in [5.74, 6) is 2.70. The average Bonchev–Trinajstić information content (AvgIpc) is 2.82. The van der Waals surface area contributed by atoms with Crippen LogP contribution < -0.4 is 5.32 Å². The Kier molecular flexibility index (Phi) is 3.85. The molecule has 0 unspecified atom stereocenters. The van der Waals surface area contributed by atoms with Crippen molar-refractivity contribution in [3.63, 3.8) is 0 Å². The molecule has 0 aromatic heterocycles. The van der Waals surface area contributed by atoms with Gasteiger partial charge in [-0.25, -0.2) is 0 Å². The summed E-state index contributed by atoms with van der Waals surface area (Å²) in [6, 6.07) is 17.7. The highest BCUT2D eigenvalue weighted by Gasteiger charge is 2.26. The number of terminal acetylenes is 1. The predicted octanol–water partition coefficient (Wildman–Crippen LogP) is 4.15. The first kappa shape index (κ1) is 13.0. The lowest BCUT2D eigenvalue weighted by Crippen LogP contribution is -2.21. The van der Waals surface area contributed by atoms with Gasteiger partial charge in [-0.15, -0.1) is 12.3 Å². The minimum atomic E-state index is 0.327. The lowest BCUT2D eigenvalue weighted by Gasteiger charge is -2.15. The van der Waals surface area contributed by atoms with E-state index in [1.165, 1.54) is 22.3 Å². The second-order valence-electron chi connectivity index (χ2n) is 5.22. The van der Waals surface area contributed by atoms with Gasteiger partial charge in [0.1, 0.15) is 0 Å². The van der Waals surface area contributed by atoms with Crippen LogP contribution >= 0.6 is 0 Å². The third-order valence-corrected chi connectivity index (χ3v) is 3.93. The molecule has 0 amide bonds. The molecule has 1 aliphatic rings. The molecule has 2 aromatic carbocycles. The molecule has 0 fully saturated rings. The molecule has 1 N–H and O–H groups in total. The molecule has 1 heteroatoms. The van der Waals surface area contributed by atoms with Crippen LogP contribution in [0.5, 0.6) is 0 Å². The lowest BCUT2D eigenvalue weighted by atomic mass is 10.1. The largest absolute Gasteiger partial charge is 0.306 e. The van der Waals surface area contributed by atoms with Crippen molar-refractivity contribution < 1.29 is 0 Å². The Morgan fingerprint density at radius 1 is 0.900 bits per heavy atom. The van der Waals surface area contributed by atoms with Crippen molar-refractivity contribution >= 4 is 0 Å². The summed E-state index contributed by atoms with van der Waals surface area (Å²) in [6.07, 6.45) is 8.39. The number of benzene rings is 2. The zero-order valence-electron chi connectivity index (χ0n) is 11.6. The SMILES string of the molecule is C#CCCCCNC1c2ccccc2-c2ccccc21. The number of rotatable bonds is 5. The van der Waals surface area contributed by atoms with Crippen LogP contribution in [0, 0.1) is 12.3 Å². The highest BCUT2D eigenvalue weighted by molar-refractivity contribution is 5.78. The van der Waals surface area contributed by atoms with Gasteiger partial charge in [-0.3, -0.25) is 0 Å². The van der Waals surface area contributed by atoms with E-state index in [4.69, 9.17) is 6.42 Å². The van der Waals surface area contributed by atoms with Gasteiger partial charge in [0.2, 0.25) is 0 Å². The minimum absolute atomic E-state index is 0.327. The van der Waals surface area contributed by atoms with Gasteiger partial charge < -0.3 is 5.32 Å². The van der Waals surface area contributed by atoms with E-state index in [1.54, 1.807) is 0 Å². The first-order valence-electron chi connectivity index (χ1n) is 7.27. The van der Waals surface area contributed by atoms with E-state index >= 15 is 0 Å². The van der Waals surface area contributed by atoms with Crippen LogP contribution in [0.1, 0.15) is 36.4 Å². The molecule has 0 bridgehead atoms. The zero-order chi connectivity index (χ0) is 13.8. The molecular weight excluding hydrogens is 242 g/mol. The second-order valence-corrected chi connectivity index (χ2v) is 5.22. The van der Waals surface area contributed by atoms with E-state index in [-0.39, 0.29) is 0 Å². The fourth-order valence-electron chi connectivity index (χ4n) is 2.97. The minimum Gasteiger partial charge on any atom is -0.306 e. The summed E-state index contributed by atoms with van der Waals surface area (Å²) >= 11 is 0. The molecule has 0 heterocycles. The van der Waals surface area contributed by atoms with Gasteiger partial charge in [-0.1, -0.05) is 48.5 Å². The molecule has 1 aliphatic carbocycles. The Balaban J connectivity index is 1.79. The average molecular weight is 261 g/mol. The lowest BCUT2D eigenvalue weighted by molar-refractivity contribution is 0.580. The molecule has 0 radical (unpaired) electrons. The van der Waals surface area contributed by atoms with Gasteiger partial charge in [0.05, 0.1) is 6.04 Å². The zero-order valence-corrected chi connectivity index (χ0v) is 11.6. The van der Waals surface area contributed by atoms with E-state index in [2.05, 4.69) is 59.8 Å². The van der Waals surface area contributed by atoms with E-state index in [0.29, 0.717) is 6.04 Å². The molecule has 0 saturated heterocycles. The number of unbranched alkanes of at least 4 members (excludes halogenated alkanes) is 2. The Morgan fingerprint density at radius 3 is 2.10 bits per heavy atom. The normalized spacial score (nSPS) is 12.8. The smallest absolute Gasteiger partial charge is 0.0588 e. The van der Waals surface area contributed by atoms with Crippen molar-refractivity contribution in [3.05, 3.63) is 59.7 Å². The van der Waals surface area contributed by atoms with Crippen molar-refractivity contribution in [2.24, 2.45) is 0 Å². The van der Waals surface area contributed by atoms with Crippen LogP contribution in [0.4, 0.5) is 0 Å². The quantitative estimate of drug-likeness (QED) is 0.630. The van der Waals surface area contributed by atoms with E-state index in [0.717, 1.165) is 25.8 Å². The van der Waals surface area contributed by atoms with Crippen molar-refractivity contribution in [3.8, 4) is 23.5 Å². The van der Waals surface area contributed by atoms with Crippen LogP contribution in [0.25, 0.3) is 11.1 Å². The first-order valence-corrected chi connectivity index (χ1v) is 7.27. The monoisotopic (exact) mass is 261 g/mol. The summed E-state index contributed by atoms with van der Waals surface area (Å²) in [7, 11) is 0. The van der Waals surface area contributed by atoms with Crippen molar-refractivity contribution in [2.45, 2.75) is 25.3 Å². The van der Waals surface area contributed by atoms with Crippen molar-refractivity contribution in [1.82, 2.24) is 5.32 Å². The predicted molar refractivity (Wildman–Crippen MR) is 84.4 cm³/mol. The molecule has 3 rings (SSSR count). The maximum Gasteiger partial charge on any atom is 0.0588 e. The Bertz CT molecular complexity index is 591. The Labute approximate surface area is 121 Å². The van der Waals surface area contributed by atoms with Crippen LogP contribution in [0.15, 0.2) is 48.5 Å². The molecule has 0 atom stereocenters. The summed E-state index contributed by atoms with van der Waals surface area (Å²) in [5.41, 5.74) is 5.52. The highest BCUT2D eigenvalue weighted by atomic mass is 14.9. The van der Waals surface area contributed by atoms with E-state index in [1.807, 2.05) is 0 Å². The molecule has 0 aliphatic heterocycles. The van der Waals surface area contributed by atoms with Gasteiger partial charge in [-0.2, -0.15) is 0 Å². The summed E-state index contributed by atoms with van der Waals surface area (Å²) < 4.78 is 0. The summed E-state index contributed by atoms with van der Waals surface area (Å²) in [6.45, 7) is 1.01. The molecular formula is C19H19N. The maximum absolute atomic E-state index is 5.29. The maximum atomic E-state index is 5.29. The summed E-state index contributed by atoms with van der Waals surface area (Å²) in [5, 5.41) is 3.68. The number of hydrogen-bond donors (Lipinski definition) is 1. The van der Waals surface area contributed by atoms with Gasteiger partial charge >= 0.3 is 0 Å². The number of hydrogen-bond acceptors (Lipinski definition) is 1. The van der Waals surface area contributed by atoms with Gasteiger partial charge in [0, 0.05) is 6.42 Å². The van der Waals surface area contributed by atoms with E-state index < -0.39 is 0 Å². The third kappa shape index (κ3) is 2.35. The van der Waals surface area contributed by atoms with Gasteiger partial charge in [0.25, 0.3) is 0 Å². The number of fused-ring (bicyclic) bond motifs is 3. The third-order valence-electron chi connectivity index (χ3n) is 3.93. The van der Waals surface area contributed by atoms with Crippen molar-refractivity contribution in [2.75, 3.05) is 6.54 Å². The van der Waals surface area contributed by atoms with Crippen LogP contribution in [0.2, 0.25) is 0 Å². The van der Waals surface area contributed by atoms with Gasteiger partial charge in [-0.05, 0) is 41.6 Å². The van der Waals surface area contributed by atoms with Gasteiger partial charge in [0.15, 0.2) is 0 Å². The molecule has 0 spiro atoms. The number of nitrogens with one attached hydrogen (secondary N) is 1. The summed E-state index contributed by atoms with van der Waals surface area (Å²) in [4.78, 5) is 0. The molecule has 100 valence electrons. The highest BCUT2D eigenvalue weighted by Crippen LogP contribution is 2.42. The Hall–Kier alpha value is -2.04. The molecule has 20 heavy (non-hydrogen) atoms. The van der Waals surface area contributed by atoms with Crippen LogP contribution in [0.3, 0.4) is 0 Å². The molecule has 2 aromatic rings. The van der Waals surface area contributed by atoms with Crippen LogP contribution in [-0.4, -0.2) is 6.54 Å². The van der Waals surface area contributed by atoms with E-state index in [9.17, 15) is 0 Å². The Morgan fingerprint density at radius 2 is 1.50 bits per heavy atom. The molecule has 1 nitrogen and oxygen atoms in total. The van der Waals surface area contributed by atoms with Crippen LogP contribution in [-0.2, 0) is 0 Å². The second kappa shape index (κ2) is 5.94. The topological polar surface area (TPSA) is 12.0 Å². The fourth-order valence-corrected chi connectivity index (χ4v) is 2.97.